The molecule has 1 saturated carbocycles. The van der Waals surface area contributed by atoms with E-state index in [1.54, 1.807) is 19.5 Å². The molecule has 2 N–H and O–H groups in total. The molecular formula is C18H23N5O3. The average Bonchev–Trinajstić information content (AvgIpc) is 3.08. The summed E-state index contributed by atoms with van der Waals surface area (Å²) in [6, 6.07) is 1.63. The summed E-state index contributed by atoms with van der Waals surface area (Å²) in [5.41, 5.74) is 0.869. The highest BCUT2D eigenvalue weighted by Crippen LogP contribution is 2.38. The van der Waals surface area contributed by atoms with Gasteiger partial charge in [-0.2, -0.15) is 0 Å². The van der Waals surface area contributed by atoms with Gasteiger partial charge >= 0.3 is 0 Å². The number of rotatable bonds is 5. The number of carbonyl (C=O) groups excluding carboxylic acids is 1. The number of aryl methyl sites for hydroxylation is 1. The van der Waals surface area contributed by atoms with E-state index in [0.29, 0.717) is 24.4 Å². The molecule has 0 saturated heterocycles. The quantitative estimate of drug-likeness (QED) is 0.835. The minimum Gasteiger partial charge on any atom is -0.495 e. The monoisotopic (exact) mass is 357 g/mol. The van der Waals surface area contributed by atoms with E-state index in [9.17, 15) is 9.90 Å². The van der Waals surface area contributed by atoms with Gasteiger partial charge in [-0.05, 0) is 43.2 Å². The molecule has 26 heavy (non-hydrogen) atoms. The molecule has 1 atom stereocenters. The molecule has 0 unspecified atom stereocenters. The predicted octanol–water partition coefficient (Wildman–Crippen LogP) is 1.26. The number of carbonyl (C=O) groups is 1. The third-order valence-corrected chi connectivity index (χ3v) is 5.30. The average molecular weight is 357 g/mol. The van der Waals surface area contributed by atoms with Crippen LogP contribution in [0.2, 0.25) is 0 Å². The molecule has 0 spiro atoms. The summed E-state index contributed by atoms with van der Waals surface area (Å²) in [5.74, 6) is 1.80. The molecule has 1 amide bonds. The number of pyridine rings is 1. The van der Waals surface area contributed by atoms with E-state index in [1.807, 2.05) is 10.6 Å². The lowest BCUT2D eigenvalue weighted by atomic mass is 9.75. The van der Waals surface area contributed by atoms with Crippen LogP contribution in [0.5, 0.6) is 5.75 Å². The van der Waals surface area contributed by atoms with Crippen LogP contribution in [0, 0.1) is 5.92 Å². The Morgan fingerprint density at radius 3 is 2.96 bits per heavy atom. The largest absolute Gasteiger partial charge is 0.495 e. The molecule has 1 aliphatic heterocycles. The number of aromatic nitrogens is 4. The fourth-order valence-corrected chi connectivity index (χ4v) is 3.77. The van der Waals surface area contributed by atoms with Gasteiger partial charge in [-0.15, -0.1) is 10.2 Å². The van der Waals surface area contributed by atoms with Crippen molar-refractivity contribution in [3.05, 3.63) is 35.7 Å². The van der Waals surface area contributed by atoms with E-state index < -0.39 is 0 Å². The number of aliphatic hydroxyl groups is 1. The highest BCUT2D eigenvalue weighted by atomic mass is 16.5. The second kappa shape index (κ2) is 7.03. The molecule has 2 aliphatic rings. The van der Waals surface area contributed by atoms with Gasteiger partial charge in [0.25, 0.3) is 5.91 Å². The molecule has 0 bridgehead atoms. The minimum absolute atomic E-state index is 0.159. The van der Waals surface area contributed by atoms with E-state index >= 15 is 0 Å². The van der Waals surface area contributed by atoms with Crippen molar-refractivity contribution in [1.29, 1.82) is 0 Å². The maximum atomic E-state index is 12.9. The van der Waals surface area contributed by atoms with Crippen molar-refractivity contribution in [3.8, 4) is 5.75 Å². The summed E-state index contributed by atoms with van der Waals surface area (Å²) < 4.78 is 7.17. The number of nitrogens with zero attached hydrogens (tertiary/aromatic N) is 4. The Morgan fingerprint density at radius 2 is 2.19 bits per heavy atom. The topological polar surface area (TPSA) is 102 Å². The lowest BCUT2D eigenvalue weighted by molar-refractivity contribution is 0.0232. The van der Waals surface area contributed by atoms with Crippen molar-refractivity contribution in [2.45, 2.75) is 50.8 Å². The number of methoxy groups -OCH3 is 1. The Balaban J connectivity index is 1.58. The zero-order valence-electron chi connectivity index (χ0n) is 14.8. The van der Waals surface area contributed by atoms with Crippen LogP contribution in [0.15, 0.2) is 18.5 Å². The van der Waals surface area contributed by atoms with Gasteiger partial charge in [0.05, 0.1) is 25.5 Å². The molecule has 0 radical (unpaired) electrons. The van der Waals surface area contributed by atoms with Crippen LogP contribution in [-0.2, 0) is 13.0 Å². The zero-order chi connectivity index (χ0) is 18.1. The van der Waals surface area contributed by atoms with Crippen LogP contribution in [0.3, 0.4) is 0 Å². The van der Waals surface area contributed by atoms with E-state index in [-0.39, 0.29) is 24.0 Å². The van der Waals surface area contributed by atoms with E-state index in [1.165, 1.54) is 0 Å². The van der Waals surface area contributed by atoms with Crippen molar-refractivity contribution >= 4 is 5.91 Å². The second-order valence-corrected chi connectivity index (χ2v) is 7.04. The fraction of sp³-hybridized carbons (Fsp3) is 0.556. The molecule has 4 rings (SSSR count). The van der Waals surface area contributed by atoms with Crippen LogP contribution in [0.4, 0.5) is 0 Å². The van der Waals surface area contributed by atoms with E-state index in [2.05, 4.69) is 20.5 Å². The standard InChI is InChI=1S/C18H23N5O3/c1-26-14-8-12(9-19-10-14)16(11-6-13(24)7-11)20-18(25)17-22-21-15-4-2-3-5-23(15)17/h8-11,13,16,24H,2-7H2,1H3,(H,20,25)/t11?,13?,16-/m1/s1. The summed E-state index contributed by atoms with van der Waals surface area (Å²) in [6.45, 7) is 0.776. The fourth-order valence-electron chi connectivity index (χ4n) is 3.77. The van der Waals surface area contributed by atoms with Crippen molar-refractivity contribution in [3.63, 3.8) is 0 Å². The maximum Gasteiger partial charge on any atom is 0.289 e. The highest BCUT2D eigenvalue weighted by molar-refractivity contribution is 5.91. The second-order valence-electron chi connectivity index (χ2n) is 7.04. The summed E-state index contributed by atoms with van der Waals surface area (Å²) >= 11 is 0. The van der Waals surface area contributed by atoms with Crippen molar-refractivity contribution in [2.75, 3.05) is 7.11 Å². The summed E-state index contributed by atoms with van der Waals surface area (Å²) in [6.07, 6.45) is 7.34. The molecule has 8 nitrogen and oxygen atoms in total. The maximum absolute atomic E-state index is 12.9. The molecule has 1 fully saturated rings. The number of hydrogen-bond acceptors (Lipinski definition) is 6. The van der Waals surface area contributed by atoms with Gasteiger partial charge in [0.2, 0.25) is 5.82 Å². The minimum atomic E-state index is -0.307. The molecule has 138 valence electrons. The van der Waals surface area contributed by atoms with Gasteiger partial charge in [0.1, 0.15) is 11.6 Å². The molecule has 0 aromatic carbocycles. The third-order valence-electron chi connectivity index (χ3n) is 5.30. The molecule has 1 aliphatic carbocycles. The van der Waals surface area contributed by atoms with Crippen molar-refractivity contribution < 1.29 is 14.6 Å². The number of amides is 1. The van der Waals surface area contributed by atoms with Gasteiger partial charge in [-0.25, -0.2) is 0 Å². The van der Waals surface area contributed by atoms with E-state index in [0.717, 1.165) is 37.2 Å². The molecule has 2 aromatic heterocycles. The first-order valence-corrected chi connectivity index (χ1v) is 9.05. The zero-order valence-corrected chi connectivity index (χ0v) is 14.8. The number of aliphatic hydroxyl groups excluding tert-OH is 1. The van der Waals surface area contributed by atoms with Crippen LogP contribution >= 0.6 is 0 Å². The van der Waals surface area contributed by atoms with Gasteiger partial charge < -0.3 is 19.7 Å². The van der Waals surface area contributed by atoms with Gasteiger partial charge in [0, 0.05) is 19.2 Å². The Kier molecular flexibility index (Phi) is 4.58. The molecule has 8 heteroatoms. The third kappa shape index (κ3) is 3.16. The van der Waals surface area contributed by atoms with Gasteiger partial charge in [-0.1, -0.05) is 0 Å². The normalized spacial score (nSPS) is 22.8. The first-order valence-electron chi connectivity index (χ1n) is 9.05. The first kappa shape index (κ1) is 17.0. The van der Waals surface area contributed by atoms with Gasteiger partial charge in [0.15, 0.2) is 0 Å². The number of fused-ring (bicyclic) bond motifs is 1. The Morgan fingerprint density at radius 1 is 1.35 bits per heavy atom. The molecule has 3 heterocycles. The number of ether oxygens (including phenoxy) is 1. The summed E-state index contributed by atoms with van der Waals surface area (Å²) in [7, 11) is 1.59. The lowest BCUT2D eigenvalue weighted by Gasteiger charge is -2.38. The molecule has 2 aromatic rings. The number of nitrogens with one attached hydrogen (secondary N) is 1. The Bertz CT molecular complexity index is 800. The van der Waals surface area contributed by atoms with Crippen LogP contribution < -0.4 is 10.1 Å². The van der Waals surface area contributed by atoms with Crippen LogP contribution in [-0.4, -0.2) is 44.0 Å². The van der Waals surface area contributed by atoms with Crippen molar-refractivity contribution in [1.82, 2.24) is 25.1 Å². The SMILES string of the molecule is COc1cncc([C@H](NC(=O)c2nnc3n2CCCC3)C2CC(O)C2)c1. The Hall–Kier alpha value is -2.48. The van der Waals surface area contributed by atoms with Crippen molar-refractivity contribution in [2.24, 2.45) is 5.92 Å². The highest BCUT2D eigenvalue weighted by Gasteiger charge is 2.37. The first-order chi connectivity index (χ1) is 12.7. The number of hydrogen-bond donors (Lipinski definition) is 2. The van der Waals surface area contributed by atoms with Crippen LogP contribution in [0.25, 0.3) is 0 Å². The summed E-state index contributed by atoms with van der Waals surface area (Å²) in [5, 5.41) is 21.1. The molecular weight excluding hydrogens is 334 g/mol. The van der Waals surface area contributed by atoms with E-state index in [4.69, 9.17) is 4.74 Å². The van der Waals surface area contributed by atoms with Crippen LogP contribution in [0.1, 0.15) is 53.7 Å². The smallest absolute Gasteiger partial charge is 0.289 e. The summed E-state index contributed by atoms with van der Waals surface area (Å²) in [4.78, 5) is 17.1. The predicted molar refractivity (Wildman–Crippen MR) is 92.7 cm³/mol. The lowest BCUT2D eigenvalue weighted by Crippen LogP contribution is -2.42. The van der Waals surface area contributed by atoms with Gasteiger partial charge in [-0.3, -0.25) is 9.78 Å². The Labute approximate surface area is 151 Å².